The van der Waals surface area contributed by atoms with Crippen molar-refractivity contribution >= 4 is 5.91 Å². The molecule has 2 aliphatic heterocycles. The topological polar surface area (TPSA) is 43.8 Å². The van der Waals surface area contributed by atoms with Gasteiger partial charge >= 0.3 is 0 Å². The highest BCUT2D eigenvalue weighted by Crippen LogP contribution is 2.21. The molecule has 1 amide bonds. The van der Waals surface area contributed by atoms with E-state index in [4.69, 9.17) is 0 Å². The van der Waals surface area contributed by atoms with Gasteiger partial charge in [-0.25, -0.2) is 0 Å². The maximum absolute atomic E-state index is 12.7. The SMILES string of the molecule is CC(C(=O)N1CCCCCC1)N1CCCCCC1CO. The van der Waals surface area contributed by atoms with Gasteiger partial charge in [0.2, 0.25) is 5.91 Å². The molecule has 0 saturated carbocycles. The van der Waals surface area contributed by atoms with Gasteiger partial charge in [0, 0.05) is 19.1 Å². The summed E-state index contributed by atoms with van der Waals surface area (Å²) in [7, 11) is 0. The summed E-state index contributed by atoms with van der Waals surface area (Å²) in [6.45, 7) is 4.99. The van der Waals surface area contributed by atoms with Crippen LogP contribution in [0.25, 0.3) is 0 Å². The molecule has 2 unspecified atom stereocenters. The van der Waals surface area contributed by atoms with Crippen molar-refractivity contribution < 1.29 is 9.90 Å². The fourth-order valence-corrected chi connectivity index (χ4v) is 3.60. The molecular formula is C16H30N2O2. The maximum Gasteiger partial charge on any atom is 0.239 e. The molecule has 2 rings (SSSR count). The zero-order chi connectivity index (χ0) is 14.4. The van der Waals surface area contributed by atoms with E-state index in [1.54, 1.807) is 0 Å². The third-order valence-corrected chi connectivity index (χ3v) is 4.91. The Morgan fingerprint density at radius 1 is 1.05 bits per heavy atom. The molecule has 20 heavy (non-hydrogen) atoms. The Morgan fingerprint density at radius 2 is 1.65 bits per heavy atom. The molecule has 1 N–H and O–H groups in total. The average molecular weight is 282 g/mol. The first kappa shape index (κ1) is 15.8. The molecule has 2 fully saturated rings. The van der Waals surface area contributed by atoms with Crippen LogP contribution < -0.4 is 0 Å². The minimum absolute atomic E-state index is 0.0802. The number of aliphatic hydroxyl groups is 1. The molecule has 0 aromatic carbocycles. The third kappa shape index (κ3) is 3.95. The molecule has 0 aromatic rings. The predicted octanol–water partition coefficient (Wildman–Crippen LogP) is 2.01. The lowest BCUT2D eigenvalue weighted by atomic mass is 10.1. The van der Waals surface area contributed by atoms with Crippen molar-refractivity contribution in [2.24, 2.45) is 0 Å². The first-order valence-corrected chi connectivity index (χ1v) is 8.39. The standard InChI is InChI=1S/C16H30N2O2/c1-14(16(20)17-10-6-2-3-7-11-17)18-12-8-4-5-9-15(18)13-19/h14-15,19H,2-13H2,1H3. The van der Waals surface area contributed by atoms with Crippen LogP contribution in [0.3, 0.4) is 0 Å². The van der Waals surface area contributed by atoms with E-state index in [2.05, 4.69) is 9.80 Å². The number of rotatable bonds is 3. The molecule has 0 radical (unpaired) electrons. The Labute approximate surface area is 123 Å². The number of carbonyl (C=O) groups is 1. The molecule has 0 aliphatic carbocycles. The van der Waals surface area contributed by atoms with Gasteiger partial charge in [0.05, 0.1) is 12.6 Å². The van der Waals surface area contributed by atoms with E-state index in [0.717, 1.165) is 45.3 Å². The average Bonchev–Trinajstić information content (AvgIpc) is 2.87. The zero-order valence-corrected chi connectivity index (χ0v) is 12.9. The minimum Gasteiger partial charge on any atom is -0.395 e. The van der Waals surface area contributed by atoms with Crippen LogP contribution >= 0.6 is 0 Å². The lowest BCUT2D eigenvalue weighted by Crippen LogP contribution is -2.52. The van der Waals surface area contributed by atoms with Crippen molar-refractivity contribution in [2.45, 2.75) is 70.4 Å². The molecule has 0 bridgehead atoms. The van der Waals surface area contributed by atoms with Gasteiger partial charge in [0.25, 0.3) is 0 Å². The van der Waals surface area contributed by atoms with Crippen LogP contribution in [0.5, 0.6) is 0 Å². The summed E-state index contributed by atoms with van der Waals surface area (Å²) in [4.78, 5) is 17.0. The van der Waals surface area contributed by atoms with Crippen LogP contribution in [0.2, 0.25) is 0 Å². The summed E-state index contributed by atoms with van der Waals surface area (Å²) in [5.74, 6) is 0.271. The molecule has 116 valence electrons. The van der Waals surface area contributed by atoms with E-state index in [-0.39, 0.29) is 24.6 Å². The summed E-state index contributed by atoms with van der Waals surface area (Å²) in [6, 6.07) is 0.0896. The molecule has 2 atom stereocenters. The molecule has 2 saturated heterocycles. The predicted molar refractivity (Wildman–Crippen MR) is 80.6 cm³/mol. The first-order chi connectivity index (χ1) is 9.74. The normalized spacial score (nSPS) is 27.7. The number of hydrogen-bond acceptors (Lipinski definition) is 3. The second kappa shape index (κ2) is 7.99. The van der Waals surface area contributed by atoms with E-state index in [0.29, 0.717) is 0 Å². The highest BCUT2D eigenvalue weighted by Gasteiger charge is 2.31. The second-order valence-corrected chi connectivity index (χ2v) is 6.34. The molecule has 2 aliphatic rings. The quantitative estimate of drug-likeness (QED) is 0.861. The number of amides is 1. The van der Waals surface area contributed by atoms with Crippen molar-refractivity contribution in [3.8, 4) is 0 Å². The molecule has 0 aromatic heterocycles. The van der Waals surface area contributed by atoms with Crippen molar-refractivity contribution in [3.05, 3.63) is 0 Å². The van der Waals surface area contributed by atoms with Crippen LogP contribution in [0, 0.1) is 0 Å². The second-order valence-electron chi connectivity index (χ2n) is 6.34. The Balaban J connectivity index is 1.99. The Hall–Kier alpha value is -0.610. The van der Waals surface area contributed by atoms with Crippen LogP contribution in [-0.4, -0.2) is 59.1 Å². The van der Waals surface area contributed by atoms with Crippen LogP contribution in [-0.2, 0) is 4.79 Å². The fourth-order valence-electron chi connectivity index (χ4n) is 3.60. The first-order valence-electron chi connectivity index (χ1n) is 8.39. The number of hydrogen-bond donors (Lipinski definition) is 1. The van der Waals surface area contributed by atoms with Gasteiger partial charge in [0.1, 0.15) is 0 Å². The lowest BCUT2D eigenvalue weighted by molar-refractivity contribution is -0.137. The number of aliphatic hydroxyl groups excluding tert-OH is 1. The summed E-state index contributed by atoms with van der Waals surface area (Å²) in [6.07, 6.45) is 9.35. The van der Waals surface area contributed by atoms with Gasteiger partial charge in [-0.15, -0.1) is 0 Å². The third-order valence-electron chi connectivity index (χ3n) is 4.91. The summed E-state index contributed by atoms with van der Waals surface area (Å²) in [5, 5.41) is 9.61. The monoisotopic (exact) mass is 282 g/mol. The highest BCUT2D eigenvalue weighted by atomic mass is 16.3. The summed E-state index contributed by atoms with van der Waals surface area (Å²) in [5.41, 5.74) is 0. The Bertz CT molecular complexity index is 301. The van der Waals surface area contributed by atoms with Crippen molar-refractivity contribution in [1.29, 1.82) is 0 Å². The largest absolute Gasteiger partial charge is 0.395 e. The van der Waals surface area contributed by atoms with E-state index < -0.39 is 0 Å². The number of likely N-dealkylation sites (tertiary alicyclic amines) is 2. The van der Waals surface area contributed by atoms with Gasteiger partial charge in [-0.3, -0.25) is 9.69 Å². The van der Waals surface area contributed by atoms with E-state index in [9.17, 15) is 9.90 Å². The van der Waals surface area contributed by atoms with E-state index >= 15 is 0 Å². The fraction of sp³-hybridized carbons (Fsp3) is 0.938. The molecule has 2 heterocycles. The smallest absolute Gasteiger partial charge is 0.239 e. The van der Waals surface area contributed by atoms with Crippen LogP contribution in [0.15, 0.2) is 0 Å². The van der Waals surface area contributed by atoms with Crippen molar-refractivity contribution in [1.82, 2.24) is 9.80 Å². The van der Waals surface area contributed by atoms with Gasteiger partial charge < -0.3 is 10.0 Å². The minimum atomic E-state index is -0.0802. The van der Waals surface area contributed by atoms with Crippen LogP contribution in [0.1, 0.15) is 58.3 Å². The maximum atomic E-state index is 12.7. The van der Waals surface area contributed by atoms with Crippen LogP contribution in [0.4, 0.5) is 0 Å². The molecule has 0 spiro atoms. The number of nitrogens with zero attached hydrogens (tertiary/aromatic N) is 2. The van der Waals surface area contributed by atoms with E-state index in [1.165, 1.54) is 25.7 Å². The molecular weight excluding hydrogens is 252 g/mol. The lowest BCUT2D eigenvalue weighted by Gasteiger charge is -2.36. The van der Waals surface area contributed by atoms with Gasteiger partial charge in [0.15, 0.2) is 0 Å². The summed E-state index contributed by atoms with van der Waals surface area (Å²) < 4.78 is 0. The molecule has 4 nitrogen and oxygen atoms in total. The van der Waals surface area contributed by atoms with Gasteiger partial charge in [-0.2, -0.15) is 0 Å². The summed E-state index contributed by atoms with van der Waals surface area (Å²) >= 11 is 0. The van der Waals surface area contributed by atoms with Crippen molar-refractivity contribution in [2.75, 3.05) is 26.2 Å². The zero-order valence-electron chi connectivity index (χ0n) is 12.9. The van der Waals surface area contributed by atoms with Crippen molar-refractivity contribution in [3.63, 3.8) is 0 Å². The highest BCUT2D eigenvalue weighted by molar-refractivity contribution is 5.81. The van der Waals surface area contributed by atoms with Gasteiger partial charge in [-0.05, 0) is 39.2 Å². The van der Waals surface area contributed by atoms with E-state index in [1.807, 2.05) is 6.92 Å². The number of carbonyl (C=O) groups excluding carboxylic acids is 1. The Morgan fingerprint density at radius 3 is 2.30 bits per heavy atom. The molecule has 4 heteroatoms. The Kier molecular flexibility index (Phi) is 6.30. The van der Waals surface area contributed by atoms with Gasteiger partial charge in [-0.1, -0.05) is 25.7 Å².